The van der Waals surface area contributed by atoms with Gasteiger partial charge in [-0.25, -0.2) is 0 Å². The normalized spacial score (nSPS) is 15.2. The molecule has 1 aliphatic rings. The molecule has 2 aromatic carbocycles. The second kappa shape index (κ2) is 9.58. The molecule has 0 spiro atoms. The zero-order valence-electron chi connectivity index (χ0n) is 18.5. The van der Waals surface area contributed by atoms with Crippen molar-refractivity contribution in [3.05, 3.63) is 59.7 Å². The number of amides is 1. The van der Waals surface area contributed by atoms with Gasteiger partial charge in [0.15, 0.2) is 11.0 Å². The van der Waals surface area contributed by atoms with Crippen LogP contribution in [-0.4, -0.2) is 32.0 Å². The van der Waals surface area contributed by atoms with Crippen LogP contribution in [0.2, 0.25) is 0 Å². The van der Waals surface area contributed by atoms with Gasteiger partial charge in [-0.1, -0.05) is 67.4 Å². The number of nitrogens with zero attached hydrogens (tertiary/aromatic N) is 4. The number of aromatic nitrogens is 3. The van der Waals surface area contributed by atoms with Gasteiger partial charge < -0.3 is 5.32 Å². The summed E-state index contributed by atoms with van der Waals surface area (Å²) in [6.45, 7) is 4.16. The van der Waals surface area contributed by atoms with E-state index in [0.717, 1.165) is 49.2 Å². The Morgan fingerprint density at radius 1 is 1.09 bits per heavy atom. The molecule has 3 aromatic rings. The topological polar surface area (TPSA) is 83.6 Å². The van der Waals surface area contributed by atoms with Crippen LogP contribution in [-0.2, 0) is 4.79 Å². The lowest BCUT2D eigenvalue weighted by molar-refractivity contribution is -0.120. The molecule has 0 saturated heterocycles. The Hall–Kier alpha value is -3.11. The van der Waals surface area contributed by atoms with Gasteiger partial charge in [0.05, 0.1) is 17.5 Å². The highest BCUT2D eigenvalue weighted by atomic mass is 32.2. The Bertz CT molecular complexity index is 1140. The van der Waals surface area contributed by atoms with Crippen molar-refractivity contribution >= 4 is 17.7 Å². The van der Waals surface area contributed by atoms with Crippen molar-refractivity contribution in [2.45, 2.75) is 56.6 Å². The summed E-state index contributed by atoms with van der Waals surface area (Å²) < 4.78 is 2.00. The second-order valence-electron chi connectivity index (χ2n) is 8.37. The molecule has 7 heteroatoms. The van der Waals surface area contributed by atoms with E-state index in [2.05, 4.69) is 53.6 Å². The highest BCUT2D eigenvalue weighted by Gasteiger charge is 2.33. The van der Waals surface area contributed by atoms with Crippen LogP contribution in [0.3, 0.4) is 0 Å². The van der Waals surface area contributed by atoms with Crippen molar-refractivity contribution in [2.75, 3.05) is 5.75 Å². The summed E-state index contributed by atoms with van der Waals surface area (Å²) in [5.41, 5.74) is 3.58. The van der Waals surface area contributed by atoms with Gasteiger partial charge in [-0.15, -0.1) is 10.2 Å². The Balaban J connectivity index is 1.60. The molecule has 0 unspecified atom stereocenters. The lowest BCUT2D eigenvalue weighted by Gasteiger charge is -2.31. The predicted octanol–water partition coefficient (Wildman–Crippen LogP) is 4.99. The Morgan fingerprint density at radius 3 is 2.53 bits per heavy atom. The van der Waals surface area contributed by atoms with Crippen LogP contribution in [0.1, 0.15) is 43.2 Å². The summed E-state index contributed by atoms with van der Waals surface area (Å²) in [5.74, 6) is 0.771. The maximum atomic E-state index is 12.7. The highest BCUT2D eigenvalue weighted by Crippen LogP contribution is 2.30. The number of hydrogen-bond donors (Lipinski definition) is 1. The first-order chi connectivity index (χ1) is 15.5. The fraction of sp³-hybridized carbons (Fsp3) is 0.360. The van der Waals surface area contributed by atoms with Gasteiger partial charge in [-0.3, -0.25) is 9.36 Å². The molecule has 1 N–H and O–H groups in total. The fourth-order valence-electron chi connectivity index (χ4n) is 4.09. The lowest BCUT2D eigenvalue weighted by Crippen LogP contribution is -2.49. The summed E-state index contributed by atoms with van der Waals surface area (Å²) in [6, 6.07) is 18.5. The molecule has 1 heterocycles. The number of benzene rings is 2. The molecule has 0 atom stereocenters. The number of aryl methyl sites for hydroxylation is 2. The van der Waals surface area contributed by atoms with Gasteiger partial charge in [0.1, 0.15) is 5.54 Å². The average Bonchev–Trinajstić information content (AvgIpc) is 3.25. The molecule has 6 nitrogen and oxygen atoms in total. The van der Waals surface area contributed by atoms with Crippen LogP contribution < -0.4 is 5.32 Å². The molecule has 1 amide bonds. The summed E-state index contributed by atoms with van der Waals surface area (Å²) in [6.07, 6.45) is 4.51. The number of thioether (sulfide) groups is 1. The minimum atomic E-state index is -0.729. The molecule has 164 valence electrons. The van der Waals surface area contributed by atoms with E-state index in [0.29, 0.717) is 5.16 Å². The molecule has 32 heavy (non-hydrogen) atoms. The molecule has 1 aliphatic carbocycles. The lowest BCUT2D eigenvalue weighted by atomic mass is 9.83. The van der Waals surface area contributed by atoms with Gasteiger partial charge in [0.2, 0.25) is 5.91 Å². The smallest absolute Gasteiger partial charge is 0.231 e. The van der Waals surface area contributed by atoms with Crippen molar-refractivity contribution in [1.82, 2.24) is 20.1 Å². The van der Waals surface area contributed by atoms with Crippen LogP contribution >= 0.6 is 11.8 Å². The summed E-state index contributed by atoms with van der Waals surface area (Å²) in [5, 5.41) is 22.1. The van der Waals surface area contributed by atoms with Gasteiger partial charge in [0, 0.05) is 5.56 Å². The first-order valence-electron chi connectivity index (χ1n) is 10.9. The van der Waals surface area contributed by atoms with Crippen molar-refractivity contribution in [1.29, 1.82) is 5.26 Å². The molecule has 0 aliphatic heterocycles. The van der Waals surface area contributed by atoms with E-state index in [1.165, 1.54) is 22.9 Å². The highest BCUT2D eigenvalue weighted by molar-refractivity contribution is 7.99. The summed E-state index contributed by atoms with van der Waals surface area (Å²) in [7, 11) is 0. The third kappa shape index (κ3) is 4.71. The van der Waals surface area contributed by atoms with Crippen LogP contribution in [0, 0.1) is 25.2 Å². The van der Waals surface area contributed by atoms with Gasteiger partial charge in [-0.05, 0) is 49.9 Å². The third-order valence-electron chi connectivity index (χ3n) is 6.05. The number of carbonyl (C=O) groups is 1. The first kappa shape index (κ1) is 22.1. The quantitative estimate of drug-likeness (QED) is 0.541. The van der Waals surface area contributed by atoms with Crippen LogP contribution in [0.15, 0.2) is 53.7 Å². The van der Waals surface area contributed by atoms with E-state index in [4.69, 9.17) is 0 Å². The fourth-order valence-corrected chi connectivity index (χ4v) is 4.84. The van der Waals surface area contributed by atoms with Crippen molar-refractivity contribution in [3.63, 3.8) is 0 Å². The standard InChI is InChI=1S/C25H27N5OS/c1-18-11-12-21(15-19(18)2)30-23(20-9-5-3-6-10-20)28-29-24(30)32-16-22(31)27-25(17-26)13-7-4-8-14-25/h3,5-6,9-12,15H,4,7-8,13-14,16H2,1-2H3,(H,27,31). The number of nitrogens with one attached hydrogen (secondary N) is 1. The summed E-state index contributed by atoms with van der Waals surface area (Å²) in [4.78, 5) is 12.7. The van der Waals surface area contributed by atoms with Crippen molar-refractivity contribution in [3.8, 4) is 23.1 Å². The molecule has 1 fully saturated rings. The number of carbonyl (C=O) groups excluding carboxylic acids is 1. The van der Waals surface area contributed by atoms with Crippen molar-refractivity contribution in [2.24, 2.45) is 0 Å². The maximum Gasteiger partial charge on any atom is 0.231 e. The molecular formula is C25H27N5OS. The average molecular weight is 446 g/mol. The number of nitriles is 1. The van der Waals surface area contributed by atoms with Gasteiger partial charge in [0.25, 0.3) is 0 Å². The minimum absolute atomic E-state index is 0.144. The molecule has 0 bridgehead atoms. The van der Waals surface area contributed by atoms with Crippen LogP contribution in [0.25, 0.3) is 17.1 Å². The molecule has 4 rings (SSSR count). The van der Waals surface area contributed by atoms with E-state index in [9.17, 15) is 10.1 Å². The molecule has 0 radical (unpaired) electrons. The number of rotatable bonds is 6. The number of hydrogen-bond acceptors (Lipinski definition) is 5. The second-order valence-corrected chi connectivity index (χ2v) is 9.31. The molecule has 1 aromatic heterocycles. The first-order valence-corrected chi connectivity index (χ1v) is 11.9. The third-order valence-corrected chi connectivity index (χ3v) is 6.98. The Morgan fingerprint density at radius 2 is 1.84 bits per heavy atom. The zero-order valence-corrected chi connectivity index (χ0v) is 19.3. The Labute approximate surface area is 193 Å². The van der Waals surface area contributed by atoms with Crippen LogP contribution in [0.4, 0.5) is 0 Å². The summed E-state index contributed by atoms with van der Waals surface area (Å²) >= 11 is 1.34. The molecular weight excluding hydrogens is 418 g/mol. The van der Waals surface area contributed by atoms with E-state index in [1.54, 1.807) is 0 Å². The van der Waals surface area contributed by atoms with E-state index >= 15 is 0 Å². The van der Waals surface area contributed by atoms with Crippen LogP contribution in [0.5, 0.6) is 0 Å². The van der Waals surface area contributed by atoms with E-state index < -0.39 is 5.54 Å². The predicted molar refractivity (Wildman–Crippen MR) is 127 cm³/mol. The van der Waals surface area contributed by atoms with Gasteiger partial charge >= 0.3 is 0 Å². The monoisotopic (exact) mass is 445 g/mol. The van der Waals surface area contributed by atoms with E-state index in [-0.39, 0.29) is 11.7 Å². The maximum absolute atomic E-state index is 12.7. The molecule has 1 saturated carbocycles. The Kier molecular flexibility index (Phi) is 6.61. The minimum Gasteiger partial charge on any atom is -0.337 e. The van der Waals surface area contributed by atoms with Crippen molar-refractivity contribution < 1.29 is 4.79 Å². The zero-order chi connectivity index (χ0) is 22.6. The van der Waals surface area contributed by atoms with E-state index in [1.807, 2.05) is 34.9 Å². The SMILES string of the molecule is Cc1ccc(-n2c(SCC(=O)NC3(C#N)CCCCC3)nnc2-c2ccccc2)cc1C. The van der Waals surface area contributed by atoms with Gasteiger partial charge in [-0.2, -0.15) is 5.26 Å². The largest absolute Gasteiger partial charge is 0.337 e.